The van der Waals surface area contributed by atoms with Crippen molar-refractivity contribution in [3.8, 4) is 0 Å². The quantitative estimate of drug-likeness (QED) is 0.446. The van der Waals surface area contributed by atoms with Crippen LogP contribution in [0.5, 0.6) is 0 Å². The van der Waals surface area contributed by atoms with Gasteiger partial charge in [-0.25, -0.2) is 4.79 Å². The summed E-state index contributed by atoms with van der Waals surface area (Å²) in [4.78, 5) is 38.7. The summed E-state index contributed by atoms with van der Waals surface area (Å²) in [6.45, 7) is 5.99. The Hall–Kier alpha value is -3.72. The molecular formula is C26H31N7O2. The number of imidazole rings is 1. The number of pyridine rings is 1. The zero-order chi connectivity index (χ0) is 24.7. The number of nitrogens with two attached hydrogens (primary N) is 1. The molecule has 1 fully saturated rings. The summed E-state index contributed by atoms with van der Waals surface area (Å²) < 4.78 is 4.64. The van der Waals surface area contributed by atoms with Crippen LogP contribution in [-0.2, 0) is 20.1 Å². The predicted octanol–water partition coefficient (Wildman–Crippen LogP) is 2.31. The molecule has 4 aromatic rings. The number of fused-ring (bicyclic) bond motifs is 2. The molecular weight excluding hydrogens is 442 g/mol. The van der Waals surface area contributed by atoms with Crippen molar-refractivity contribution in [1.82, 2.24) is 23.7 Å². The number of benzene rings is 1. The summed E-state index contributed by atoms with van der Waals surface area (Å²) in [5, 5.41) is 2.00. The van der Waals surface area contributed by atoms with Gasteiger partial charge in [0, 0.05) is 44.3 Å². The molecule has 4 heterocycles. The molecule has 35 heavy (non-hydrogen) atoms. The van der Waals surface area contributed by atoms with E-state index in [1.807, 2.05) is 54.8 Å². The maximum Gasteiger partial charge on any atom is 0.332 e. The maximum atomic E-state index is 13.8. The number of anilines is 1. The van der Waals surface area contributed by atoms with E-state index in [0.717, 1.165) is 35.7 Å². The monoisotopic (exact) mass is 473 g/mol. The highest BCUT2D eigenvalue weighted by Gasteiger charge is 2.26. The minimum atomic E-state index is -0.411. The lowest BCUT2D eigenvalue weighted by atomic mass is 10.1. The number of nitrogens with zero attached hydrogens (tertiary/aromatic N) is 6. The summed E-state index contributed by atoms with van der Waals surface area (Å²) in [7, 11) is 1.67. The van der Waals surface area contributed by atoms with Gasteiger partial charge in [0.05, 0.1) is 12.2 Å². The Morgan fingerprint density at radius 2 is 1.94 bits per heavy atom. The Kier molecular flexibility index (Phi) is 6.02. The Bertz CT molecular complexity index is 1560. The van der Waals surface area contributed by atoms with Gasteiger partial charge >= 0.3 is 5.69 Å². The molecule has 1 aromatic carbocycles. The van der Waals surface area contributed by atoms with Crippen LogP contribution in [0.1, 0.15) is 31.0 Å². The second kappa shape index (κ2) is 9.14. The first-order chi connectivity index (χ1) is 16.9. The van der Waals surface area contributed by atoms with Gasteiger partial charge in [-0.3, -0.25) is 18.9 Å². The van der Waals surface area contributed by atoms with Crippen molar-refractivity contribution < 1.29 is 0 Å². The number of aromatic nitrogens is 5. The molecule has 1 atom stereocenters. The minimum Gasteiger partial charge on any atom is -0.341 e. The number of hydrogen-bond acceptors (Lipinski definition) is 6. The third-order valence-electron chi connectivity index (χ3n) is 6.86. The standard InChI is InChI=1S/C26H31N7O2/c1-4-5-13-32-22-23(29-25(32)31-12-8-9-18(27)15-31)30(3)26(35)33(24(22)34)16-21-20-11-7-6-10-19(20)17(2)14-28-21/h4-7,10-11,14,18H,8-9,12-13,15-16,27H2,1-3H3/t18-/m1/s1. The summed E-state index contributed by atoms with van der Waals surface area (Å²) in [5.74, 6) is 0.678. The second-order valence-corrected chi connectivity index (χ2v) is 9.28. The lowest BCUT2D eigenvalue weighted by molar-refractivity contribution is 0.495. The topological polar surface area (TPSA) is 104 Å². The first-order valence-electron chi connectivity index (χ1n) is 12.1. The molecule has 0 radical (unpaired) electrons. The molecule has 1 aliphatic heterocycles. The van der Waals surface area contributed by atoms with Crippen molar-refractivity contribution in [2.75, 3.05) is 18.0 Å². The summed E-state index contributed by atoms with van der Waals surface area (Å²) in [5.41, 5.74) is 8.00. The summed E-state index contributed by atoms with van der Waals surface area (Å²) in [6.07, 6.45) is 7.65. The van der Waals surface area contributed by atoms with Gasteiger partial charge in [0.25, 0.3) is 5.56 Å². The van der Waals surface area contributed by atoms with E-state index in [0.29, 0.717) is 35.9 Å². The lowest BCUT2D eigenvalue weighted by Gasteiger charge is -2.31. The fourth-order valence-corrected chi connectivity index (χ4v) is 4.98. The number of aryl methyl sites for hydroxylation is 2. The van der Waals surface area contributed by atoms with Crippen LogP contribution in [-0.4, -0.2) is 42.8 Å². The van der Waals surface area contributed by atoms with Gasteiger partial charge in [-0.05, 0) is 37.6 Å². The molecule has 0 amide bonds. The van der Waals surface area contributed by atoms with Crippen molar-refractivity contribution >= 4 is 27.9 Å². The molecule has 1 saturated heterocycles. The molecule has 0 saturated carbocycles. The van der Waals surface area contributed by atoms with Gasteiger partial charge in [0.1, 0.15) is 0 Å². The highest BCUT2D eigenvalue weighted by Crippen LogP contribution is 2.24. The molecule has 182 valence electrons. The molecule has 9 nitrogen and oxygen atoms in total. The first-order valence-corrected chi connectivity index (χ1v) is 12.1. The van der Waals surface area contributed by atoms with E-state index in [4.69, 9.17) is 10.7 Å². The Labute approximate surface area is 203 Å². The highest BCUT2D eigenvalue weighted by molar-refractivity contribution is 5.87. The Morgan fingerprint density at radius 3 is 2.69 bits per heavy atom. The molecule has 3 aromatic heterocycles. The summed E-state index contributed by atoms with van der Waals surface area (Å²) >= 11 is 0. The van der Waals surface area contributed by atoms with E-state index in [9.17, 15) is 9.59 Å². The van der Waals surface area contributed by atoms with E-state index in [-0.39, 0.29) is 18.1 Å². The highest BCUT2D eigenvalue weighted by atomic mass is 16.2. The average Bonchev–Trinajstić information content (AvgIpc) is 3.25. The third-order valence-corrected chi connectivity index (χ3v) is 6.86. The molecule has 1 aliphatic rings. The zero-order valence-corrected chi connectivity index (χ0v) is 20.4. The number of rotatable bonds is 5. The van der Waals surface area contributed by atoms with Crippen molar-refractivity contribution in [3.63, 3.8) is 0 Å². The number of hydrogen-bond donors (Lipinski definition) is 1. The van der Waals surface area contributed by atoms with Gasteiger partial charge in [0.15, 0.2) is 11.2 Å². The maximum absolute atomic E-state index is 13.8. The molecule has 2 N–H and O–H groups in total. The van der Waals surface area contributed by atoms with Gasteiger partial charge in [-0.15, -0.1) is 0 Å². The largest absolute Gasteiger partial charge is 0.341 e. The molecule has 9 heteroatoms. The number of piperidine rings is 1. The van der Waals surface area contributed by atoms with Gasteiger partial charge in [-0.1, -0.05) is 36.4 Å². The fraction of sp³-hybridized carbons (Fsp3) is 0.385. The van der Waals surface area contributed by atoms with E-state index >= 15 is 0 Å². The third kappa shape index (κ3) is 3.95. The van der Waals surface area contributed by atoms with Gasteiger partial charge in [0.2, 0.25) is 5.95 Å². The minimum absolute atomic E-state index is 0.0556. The second-order valence-electron chi connectivity index (χ2n) is 9.28. The van der Waals surface area contributed by atoms with Crippen LogP contribution in [0.4, 0.5) is 5.95 Å². The van der Waals surface area contributed by atoms with E-state index in [2.05, 4.69) is 9.88 Å². The van der Waals surface area contributed by atoms with Crippen molar-refractivity contribution in [3.05, 3.63) is 74.7 Å². The van der Waals surface area contributed by atoms with Crippen LogP contribution < -0.4 is 21.9 Å². The average molecular weight is 474 g/mol. The van der Waals surface area contributed by atoms with Crippen molar-refractivity contribution in [2.24, 2.45) is 12.8 Å². The Balaban J connectivity index is 1.71. The van der Waals surface area contributed by atoms with Crippen LogP contribution in [0.25, 0.3) is 21.9 Å². The smallest absolute Gasteiger partial charge is 0.332 e. The van der Waals surface area contributed by atoms with Crippen LogP contribution in [0.3, 0.4) is 0 Å². The molecule has 0 bridgehead atoms. The van der Waals surface area contributed by atoms with E-state index in [1.54, 1.807) is 13.2 Å². The zero-order valence-electron chi connectivity index (χ0n) is 20.4. The van der Waals surface area contributed by atoms with Crippen molar-refractivity contribution in [1.29, 1.82) is 0 Å². The van der Waals surface area contributed by atoms with Crippen LogP contribution >= 0.6 is 0 Å². The fourth-order valence-electron chi connectivity index (χ4n) is 4.98. The molecule has 5 rings (SSSR count). The molecule has 0 unspecified atom stereocenters. The van der Waals surface area contributed by atoms with Crippen LogP contribution in [0, 0.1) is 6.92 Å². The van der Waals surface area contributed by atoms with Crippen LogP contribution in [0.2, 0.25) is 0 Å². The molecule has 0 aliphatic carbocycles. The SMILES string of the molecule is CC=CCn1c(N2CCC[C@@H](N)C2)nc2c1c(=O)n(Cc1ncc(C)c3ccccc13)c(=O)n2C. The van der Waals surface area contributed by atoms with Crippen molar-refractivity contribution in [2.45, 2.75) is 45.8 Å². The molecule has 0 spiro atoms. The number of allylic oxidation sites excluding steroid dienone is 2. The first kappa shape index (κ1) is 23.0. The van der Waals surface area contributed by atoms with Gasteiger partial charge in [-0.2, -0.15) is 4.98 Å². The summed E-state index contributed by atoms with van der Waals surface area (Å²) in [6, 6.07) is 7.98. The Morgan fingerprint density at radius 1 is 1.17 bits per heavy atom. The normalized spacial score (nSPS) is 16.7. The van der Waals surface area contributed by atoms with Crippen LogP contribution in [0.15, 0.2) is 52.2 Å². The predicted molar refractivity (Wildman–Crippen MR) is 139 cm³/mol. The van der Waals surface area contributed by atoms with Gasteiger partial charge < -0.3 is 15.2 Å². The van der Waals surface area contributed by atoms with E-state index in [1.165, 1.54) is 9.13 Å². The van der Waals surface area contributed by atoms with E-state index < -0.39 is 5.69 Å². The lowest BCUT2D eigenvalue weighted by Crippen LogP contribution is -2.44.